The Kier molecular flexibility index (Phi) is 8.12. The Morgan fingerprint density at radius 2 is 1.48 bits per heavy atom. The summed E-state index contributed by atoms with van der Waals surface area (Å²) in [6, 6.07) is 17.6. The van der Waals surface area contributed by atoms with E-state index in [0.29, 0.717) is 24.2 Å². The molecular formula is C23H25NO3. The zero-order valence-corrected chi connectivity index (χ0v) is 15.5. The first-order valence-corrected chi connectivity index (χ1v) is 9.24. The van der Waals surface area contributed by atoms with Gasteiger partial charge in [-0.15, -0.1) is 0 Å². The summed E-state index contributed by atoms with van der Waals surface area (Å²) in [5.74, 6) is -0.0428. The Labute approximate surface area is 160 Å². The second-order valence-corrected chi connectivity index (χ2v) is 6.49. The van der Waals surface area contributed by atoms with Crippen LogP contribution in [-0.4, -0.2) is 17.7 Å². The van der Waals surface area contributed by atoms with Crippen molar-refractivity contribution >= 4 is 5.97 Å². The first-order valence-electron chi connectivity index (χ1n) is 9.24. The van der Waals surface area contributed by atoms with Gasteiger partial charge in [-0.25, -0.2) is 4.79 Å². The number of hydrogen-bond donors (Lipinski definition) is 1. The second-order valence-electron chi connectivity index (χ2n) is 6.49. The number of carboxylic acid groups (broad SMARTS) is 1. The molecule has 0 saturated carbocycles. The van der Waals surface area contributed by atoms with E-state index in [0.717, 1.165) is 49.0 Å². The summed E-state index contributed by atoms with van der Waals surface area (Å²) in [4.78, 5) is 10.6. The van der Waals surface area contributed by atoms with Crippen molar-refractivity contribution in [3.8, 4) is 22.9 Å². The molecule has 0 amide bonds. The van der Waals surface area contributed by atoms with Crippen molar-refractivity contribution in [1.82, 2.24) is 0 Å². The maximum absolute atomic E-state index is 10.6. The van der Waals surface area contributed by atoms with Crippen molar-refractivity contribution in [1.29, 1.82) is 5.26 Å². The fraction of sp³-hybridized carbons (Fsp3) is 0.304. The minimum absolute atomic E-state index is 0.294. The zero-order valence-electron chi connectivity index (χ0n) is 15.5. The highest BCUT2D eigenvalue weighted by atomic mass is 16.5. The molecule has 0 unspecified atom stereocenters. The van der Waals surface area contributed by atoms with Crippen LogP contribution in [0.25, 0.3) is 11.1 Å². The Balaban J connectivity index is 1.63. The van der Waals surface area contributed by atoms with E-state index in [2.05, 4.69) is 12.6 Å². The molecule has 0 radical (unpaired) electrons. The van der Waals surface area contributed by atoms with Crippen LogP contribution in [0.3, 0.4) is 0 Å². The lowest BCUT2D eigenvalue weighted by atomic mass is 10.0. The number of aliphatic carboxylic acids is 1. The molecule has 140 valence electrons. The molecule has 0 spiro atoms. The van der Waals surface area contributed by atoms with E-state index in [1.807, 2.05) is 48.5 Å². The van der Waals surface area contributed by atoms with Crippen molar-refractivity contribution in [2.24, 2.45) is 0 Å². The third-order valence-electron chi connectivity index (χ3n) is 4.40. The summed E-state index contributed by atoms with van der Waals surface area (Å²) in [7, 11) is 0. The average Bonchev–Trinajstić information content (AvgIpc) is 2.70. The highest BCUT2D eigenvalue weighted by molar-refractivity contribution is 5.85. The van der Waals surface area contributed by atoms with E-state index in [1.54, 1.807) is 0 Å². The molecule has 0 aliphatic heterocycles. The van der Waals surface area contributed by atoms with Crippen molar-refractivity contribution in [2.75, 3.05) is 6.61 Å². The molecule has 0 aromatic heterocycles. The van der Waals surface area contributed by atoms with E-state index in [-0.39, 0.29) is 0 Å². The van der Waals surface area contributed by atoms with Gasteiger partial charge in [0.15, 0.2) is 0 Å². The molecule has 2 aromatic rings. The van der Waals surface area contributed by atoms with E-state index >= 15 is 0 Å². The van der Waals surface area contributed by atoms with Crippen LogP contribution in [0, 0.1) is 11.3 Å². The number of carboxylic acids is 1. The van der Waals surface area contributed by atoms with Gasteiger partial charge in [0.1, 0.15) is 5.75 Å². The smallest absolute Gasteiger partial charge is 0.330 e. The number of nitriles is 1. The van der Waals surface area contributed by atoms with Crippen LogP contribution in [0.4, 0.5) is 0 Å². The van der Waals surface area contributed by atoms with Crippen LogP contribution in [0.5, 0.6) is 5.75 Å². The van der Waals surface area contributed by atoms with Crippen molar-refractivity contribution in [3.63, 3.8) is 0 Å². The molecule has 0 aliphatic carbocycles. The maximum atomic E-state index is 10.6. The van der Waals surface area contributed by atoms with Gasteiger partial charge in [-0.2, -0.15) is 5.26 Å². The highest BCUT2D eigenvalue weighted by Crippen LogP contribution is 2.23. The molecule has 1 N–H and O–H groups in total. The summed E-state index contributed by atoms with van der Waals surface area (Å²) >= 11 is 0. The van der Waals surface area contributed by atoms with E-state index < -0.39 is 5.97 Å². The lowest BCUT2D eigenvalue weighted by molar-refractivity contribution is -0.132. The number of hydrogen-bond acceptors (Lipinski definition) is 3. The van der Waals surface area contributed by atoms with Crippen molar-refractivity contribution < 1.29 is 14.6 Å². The quantitative estimate of drug-likeness (QED) is 0.417. The molecule has 0 fully saturated rings. The van der Waals surface area contributed by atoms with Gasteiger partial charge in [0.25, 0.3) is 0 Å². The highest BCUT2D eigenvalue weighted by Gasteiger charge is 2.03. The molecule has 0 saturated heterocycles. The third kappa shape index (κ3) is 6.99. The Morgan fingerprint density at radius 1 is 0.926 bits per heavy atom. The second kappa shape index (κ2) is 10.8. The van der Waals surface area contributed by atoms with Gasteiger partial charge in [-0.3, -0.25) is 0 Å². The molecule has 0 atom stereocenters. The molecule has 0 aliphatic rings. The zero-order chi connectivity index (χ0) is 19.5. The van der Waals surface area contributed by atoms with Crippen LogP contribution >= 0.6 is 0 Å². The molecular weight excluding hydrogens is 338 g/mol. The number of ether oxygens (including phenoxy) is 1. The van der Waals surface area contributed by atoms with Gasteiger partial charge < -0.3 is 9.84 Å². The van der Waals surface area contributed by atoms with Crippen molar-refractivity contribution in [3.05, 3.63) is 66.2 Å². The number of unbranched alkanes of at least 4 members (excludes halogenated alkanes) is 4. The summed E-state index contributed by atoms with van der Waals surface area (Å²) in [5.41, 5.74) is 3.12. The fourth-order valence-electron chi connectivity index (χ4n) is 2.75. The third-order valence-corrected chi connectivity index (χ3v) is 4.40. The van der Waals surface area contributed by atoms with Gasteiger partial charge >= 0.3 is 5.97 Å². The predicted molar refractivity (Wildman–Crippen MR) is 107 cm³/mol. The SMILES string of the molecule is C=C(CCCCCCCOc1ccc(-c2ccc(C#N)cc2)cc1)C(=O)O. The van der Waals surface area contributed by atoms with Crippen molar-refractivity contribution in [2.45, 2.75) is 38.5 Å². The van der Waals surface area contributed by atoms with Crippen LogP contribution < -0.4 is 4.74 Å². The molecule has 4 heteroatoms. The Hall–Kier alpha value is -3.06. The monoisotopic (exact) mass is 363 g/mol. The molecule has 0 heterocycles. The predicted octanol–water partition coefficient (Wildman–Crippen LogP) is 5.59. The minimum atomic E-state index is -0.895. The van der Waals surface area contributed by atoms with Gasteiger partial charge in [0.2, 0.25) is 0 Å². The molecule has 4 nitrogen and oxygen atoms in total. The fourth-order valence-corrected chi connectivity index (χ4v) is 2.75. The number of benzene rings is 2. The van der Waals surface area contributed by atoms with Crippen LogP contribution in [0.15, 0.2) is 60.7 Å². The normalized spacial score (nSPS) is 10.2. The average molecular weight is 363 g/mol. The molecule has 0 bridgehead atoms. The lowest BCUT2D eigenvalue weighted by Crippen LogP contribution is -1.99. The summed E-state index contributed by atoms with van der Waals surface area (Å²) in [6.45, 7) is 4.21. The minimum Gasteiger partial charge on any atom is -0.494 e. The summed E-state index contributed by atoms with van der Waals surface area (Å²) < 4.78 is 5.77. The van der Waals surface area contributed by atoms with Gasteiger partial charge in [-0.1, -0.05) is 50.1 Å². The van der Waals surface area contributed by atoms with E-state index in [9.17, 15) is 4.79 Å². The number of carbonyl (C=O) groups is 1. The van der Waals surface area contributed by atoms with Crippen LogP contribution in [0.1, 0.15) is 44.1 Å². The van der Waals surface area contributed by atoms with Crippen LogP contribution in [-0.2, 0) is 4.79 Å². The Bertz CT molecular complexity index is 786. The van der Waals surface area contributed by atoms with E-state index in [4.69, 9.17) is 15.1 Å². The summed E-state index contributed by atoms with van der Waals surface area (Å²) in [5, 5.41) is 17.6. The molecule has 2 aromatic carbocycles. The topological polar surface area (TPSA) is 70.3 Å². The number of rotatable bonds is 11. The van der Waals surface area contributed by atoms with Gasteiger partial charge in [0.05, 0.1) is 18.2 Å². The largest absolute Gasteiger partial charge is 0.494 e. The molecule has 27 heavy (non-hydrogen) atoms. The van der Waals surface area contributed by atoms with Crippen LogP contribution in [0.2, 0.25) is 0 Å². The van der Waals surface area contributed by atoms with Gasteiger partial charge in [0, 0.05) is 5.57 Å². The number of nitrogens with zero attached hydrogens (tertiary/aromatic N) is 1. The lowest BCUT2D eigenvalue weighted by Gasteiger charge is -2.08. The maximum Gasteiger partial charge on any atom is 0.330 e. The standard InChI is InChI=1S/C23H25NO3/c1-18(23(25)26)7-5-3-2-4-6-16-27-22-14-12-21(13-15-22)20-10-8-19(17-24)9-11-20/h8-15H,1-7,16H2,(H,25,26). The Morgan fingerprint density at radius 3 is 2.07 bits per heavy atom. The van der Waals surface area contributed by atoms with Gasteiger partial charge in [-0.05, 0) is 54.7 Å². The first-order chi connectivity index (χ1) is 13.1. The molecule has 2 rings (SSSR count). The van der Waals surface area contributed by atoms with E-state index in [1.165, 1.54) is 0 Å². The summed E-state index contributed by atoms with van der Waals surface area (Å²) in [6.07, 6.45) is 5.60. The first kappa shape index (κ1) is 20.3.